The van der Waals surface area contributed by atoms with Gasteiger partial charge in [-0.25, -0.2) is 4.79 Å². The summed E-state index contributed by atoms with van der Waals surface area (Å²) in [6.07, 6.45) is 1.08. The van der Waals surface area contributed by atoms with Crippen LogP contribution in [0, 0.1) is 11.3 Å². The maximum absolute atomic E-state index is 11.7. The predicted octanol–water partition coefficient (Wildman–Crippen LogP) is 3.41. The smallest absolute Gasteiger partial charge is 0.349 e. The number of carbonyl (C=O) groups is 1. The molecule has 0 fully saturated rings. The first-order valence-electron chi connectivity index (χ1n) is 6.37. The molecular weight excluding hydrogens is 338 g/mol. The number of phenolic OH excluding ortho intramolecular Hbond substituents is 1. The second kappa shape index (κ2) is 7.70. The molecule has 0 aliphatic heterocycles. The van der Waals surface area contributed by atoms with E-state index in [9.17, 15) is 9.90 Å². The standard InChI is InChI=1S/C15H16BrNO4/c1-4-20-13-7-10(6-12(16)14(13)18)5-11(8-17)15(19)21-9(2)3/h5-7,9,18H,4H2,1-3H3/b11-5-. The van der Waals surface area contributed by atoms with Gasteiger partial charge in [0, 0.05) is 0 Å². The van der Waals surface area contributed by atoms with E-state index in [0.717, 1.165) is 0 Å². The van der Waals surface area contributed by atoms with Crippen LogP contribution in [0.1, 0.15) is 26.3 Å². The molecule has 0 radical (unpaired) electrons. The Balaban J connectivity index is 3.17. The van der Waals surface area contributed by atoms with Crippen molar-refractivity contribution in [3.63, 3.8) is 0 Å². The minimum atomic E-state index is -0.686. The van der Waals surface area contributed by atoms with Crippen LogP contribution in [0.15, 0.2) is 22.2 Å². The lowest BCUT2D eigenvalue weighted by atomic mass is 10.1. The number of hydrogen-bond donors (Lipinski definition) is 1. The number of phenols is 1. The Bertz CT molecular complexity index is 602. The first kappa shape index (κ1) is 17.1. The van der Waals surface area contributed by atoms with Crippen LogP contribution in [0.4, 0.5) is 0 Å². The first-order valence-corrected chi connectivity index (χ1v) is 7.16. The highest BCUT2D eigenvalue weighted by atomic mass is 79.9. The number of benzene rings is 1. The highest BCUT2D eigenvalue weighted by molar-refractivity contribution is 9.10. The Hall–Kier alpha value is -2.00. The van der Waals surface area contributed by atoms with Crippen molar-refractivity contribution in [2.24, 2.45) is 0 Å². The van der Waals surface area contributed by atoms with Gasteiger partial charge in [-0.2, -0.15) is 5.26 Å². The van der Waals surface area contributed by atoms with Crippen LogP contribution in [-0.2, 0) is 9.53 Å². The van der Waals surface area contributed by atoms with Crippen LogP contribution in [0.3, 0.4) is 0 Å². The van der Waals surface area contributed by atoms with Gasteiger partial charge in [-0.3, -0.25) is 0 Å². The van der Waals surface area contributed by atoms with Gasteiger partial charge in [0.05, 0.1) is 17.2 Å². The Morgan fingerprint density at radius 2 is 2.19 bits per heavy atom. The van der Waals surface area contributed by atoms with Crippen molar-refractivity contribution in [3.05, 3.63) is 27.7 Å². The van der Waals surface area contributed by atoms with Gasteiger partial charge in [0.2, 0.25) is 0 Å². The molecule has 5 nitrogen and oxygen atoms in total. The molecule has 0 aliphatic carbocycles. The van der Waals surface area contributed by atoms with Crippen LogP contribution >= 0.6 is 15.9 Å². The van der Waals surface area contributed by atoms with E-state index in [1.165, 1.54) is 6.08 Å². The van der Waals surface area contributed by atoms with Crippen LogP contribution in [0.25, 0.3) is 6.08 Å². The van der Waals surface area contributed by atoms with Gasteiger partial charge in [-0.1, -0.05) is 0 Å². The lowest BCUT2D eigenvalue weighted by molar-refractivity contribution is -0.142. The minimum absolute atomic E-state index is 0.0303. The number of nitriles is 1. The van der Waals surface area contributed by atoms with E-state index in [4.69, 9.17) is 14.7 Å². The zero-order valence-electron chi connectivity index (χ0n) is 12.0. The molecule has 0 saturated carbocycles. The number of aromatic hydroxyl groups is 1. The number of rotatable bonds is 5. The van der Waals surface area contributed by atoms with E-state index in [1.54, 1.807) is 32.9 Å². The van der Waals surface area contributed by atoms with Crippen molar-refractivity contribution >= 4 is 28.0 Å². The fourth-order valence-corrected chi connectivity index (χ4v) is 1.98. The molecule has 0 spiro atoms. The van der Waals surface area contributed by atoms with E-state index >= 15 is 0 Å². The molecule has 0 aliphatic rings. The molecule has 0 saturated heterocycles. The number of ether oxygens (including phenoxy) is 2. The summed E-state index contributed by atoms with van der Waals surface area (Å²) in [5, 5.41) is 18.9. The summed E-state index contributed by atoms with van der Waals surface area (Å²) in [5.41, 5.74) is 0.420. The maximum Gasteiger partial charge on any atom is 0.349 e. The summed E-state index contributed by atoms with van der Waals surface area (Å²) in [6, 6.07) is 4.94. The van der Waals surface area contributed by atoms with E-state index < -0.39 is 5.97 Å². The fourth-order valence-electron chi connectivity index (χ4n) is 1.52. The molecule has 21 heavy (non-hydrogen) atoms. The Morgan fingerprint density at radius 3 is 2.71 bits per heavy atom. The third-order valence-corrected chi connectivity index (χ3v) is 2.95. The van der Waals surface area contributed by atoms with Crippen LogP contribution in [-0.4, -0.2) is 23.8 Å². The lowest BCUT2D eigenvalue weighted by Gasteiger charge is -2.09. The average molecular weight is 354 g/mol. The molecule has 0 atom stereocenters. The number of halogens is 1. The van der Waals surface area contributed by atoms with E-state index in [-0.39, 0.29) is 23.2 Å². The van der Waals surface area contributed by atoms with Crippen molar-refractivity contribution in [1.82, 2.24) is 0 Å². The normalized spacial score (nSPS) is 11.1. The zero-order chi connectivity index (χ0) is 16.0. The topological polar surface area (TPSA) is 79.5 Å². The molecule has 1 N–H and O–H groups in total. The molecule has 0 bridgehead atoms. The third-order valence-electron chi connectivity index (χ3n) is 2.34. The summed E-state index contributed by atoms with van der Waals surface area (Å²) < 4.78 is 10.7. The van der Waals surface area contributed by atoms with Gasteiger partial charge in [0.1, 0.15) is 11.6 Å². The quantitative estimate of drug-likeness (QED) is 0.498. The Kier molecular flexibility index (Phi) is 6.25. The monoisotopic (exact) mass is 353 g/mol. The Morgan fingerprint density at radius 1 is 1.52 bits per heavy atom. The van der Waals surface area contributed by atoms with Crippen molar-refractivity contribution in [1.29, 1.82) is 5.26 Å². The first-order chi connectivity index (χ1) is 9.88. The van der Waals surface area contributed by atoms with Gasteiger partial charge in [0.15, 0.2) is 11.5 Å². The molecular formula is C15H16BrNO4. The third kappa shape index (κ3) is 4.80. The molecule has 112 valence electrons. The zero-order valence-corrected chi connectivity index (χ0v) is 13.6. The molecule has 1 aromatic carbocycles. The molecule has 0 heterocycles. The van der Waals surface area contributed by atoms with Crippen LogP contribution in [0.5, 0.6) is 11.5 Å². The van der Waals surface area contributed by atoms with E-state index in [1.807, 2.05) is 6.07 Å². The molecule has 1 aromatic rings. The van der Waals surface area contributed by atoms with Crippen molar-refractivity contribution in [2.75, 3.05) is 6.61 Å². The van der Waals surface area contributed by atoms with Crippen molar-refractivity contribution in [3.8, 4) is 17.6 Å². The fraction of sp³-hybridized carbons (Fsp3) is 0.333. The number of esters is 1. The van der Waals surface area contributed by atoms with Gasteiger partial charge in [-0.05, 0) is 60.5 Å². The molecule has 0 aromatic heterocycles. The van der Waals surface area contributed by atoms with Gasteiger partial charge < -0.3 is 14.6 Å². The molecule has 0 amide bonds. The molecule has 1 rings (SSSR count). The second-order valence-electron chi connectivity index (χ2n) is 4.41. The number of carbonyl (C=O) groups excluding carboxylic acids is 1. The molecule has 6 heteroatoms. The number of hydrogen-bond acceptors (Lipinski definition) is 5. The van der Waals surface area contributed by atoms with Gasteiger partial charge in [-0.15, -0.1) is 0 Å². The molecule has 0 unspecified atom stereocenters. The summed E-state index contributed by atoms with van der Waals surface area (Å²) >= 11 is 3.20. The summed E-state index contributed by atoms with van der Waals surface area (Å²) in [4.78, 5) is 11.7. The van der Waals surface area contributed by atoms with Gasteiger partial charge >= 0.3 is 5.97 Å². The Labute approximate surface area is 131 Å². The summed E-state index contributed by atoms with van der Waals surface area (Å²) in [5.74, 6) is -0.445. The van der Waals surface area contributed by atoms with Crippen LogP contribution < -0.4 is 4.74 Å². The van der Waals surface area contributed by atoms with E-state index in [0.29, 0.717) is 16.6 Å². The predicted molar refractivity (Wildman–Crippen MR) is 81.8 cm³/mol. The van der Waals surface area contributed by atoms with Crippen molar-refractivity contribution in [2.45, 2.75) is 26.9 Å². The van der Waals surface area contributed by atoms with Crippen molar-refractivity contribution < 1.29 is 19.4 Å². The highest BCUT2D eigenvalue weighted by Gasteiger charge is 2.14. The number of nitrogens with zero attached hydrogens (tertiary/aromatic N) is 1. The van der Waals surface area contributed by atoms with Crippen LogP contribution in [0.2, 0.25) is 0 Å². The largest absolute Gasteiger partial charge is 0.503 e. The SMILES string of the molecule is CCOc1cc(/C=C(/C#N)C(=O)OC(C)C)cc(Br)c1O. The van der Waals surface area contributed by atoms with E-state index in [2.05, 4.69) is 15.9 Å². The van der Waals surface area contributed by atoms with Gasteiger partial charge in [0.25, 0.3) is 0 Å². The summed E-state index contributed by atoms with van der Waals surface area (Å²) in [7, 11) is 0. The maximum atomic E-state index is 11.7. The lowest BCUT2D eigenvalue weighted by Crippen LogP contribution is -2.12. The minimum Gasteiger partial charge on any atom is -0.503 e. The summed E-state index contributed by atoms with van der Waals surface area (Å²) in [6.45, 7) is 5.58. The average Bonchev–Trinajstić information content (AvgIpc) is 2.40. The highest BCUT2D eigenvalue weighted by Crippen LogP contribution is 2.36. The second-order valence-corrected chi connectivity index (χ2v) is 5.26.